The average molecular weight is 445 g/mol. The first-order valence-corrected chi connectivity index (χ1v) is 11.1. The molecule has 8 heteroatoms. The van der Waals surface area contributed by atoms with E-state index in [1.54, 1.807) is 23.0 Å². The van der Waals surface area contributed by atoms with Gasteiger partial charge in [-0.1, -0.05) is 6.07 Å². The van der Waals surface area contributed by atoms with Crippen molar-refractivity contribution in [2.24, 2.45) is 0 Å². The molecule has 3 aromatic heterocycles. The summed E-state index contributed by atoms with van der Waals surface area (Å²) in [5.41, 5.74) is 5.41. The Bertz CT molecular complexity index is 1330. The molecule has 4 heterocycles. The van der Waals surface area contributed by atoms with Gasteiger partial charge in [-0.25, -0.2) is 13.9 Å². The van der Waals surface area contributed by atoms with Gasteiger partial charge in [0, 0.05) is 54.2 Å². The Hall–Kier alpha value is -3.81. The number of likely N-dealkylation sites (tertiary alicyclic amines) is 1. The standard InChI is InChI=1S/C25H25FN6O/c1-16-12-27-24-22(13-28-32(24)14-16)25(33)31-8-4-5-18(15-31)23-11-21(9-17(2)29-23)30-20-7-3-6-19(26)10-20/h3,6-7,9-14,18H,4-5,8,15H2,1-2H3,(H,29,30)/t18-/m0/s1. The molecule has 0 saturated carbocycles. The molecule has 1 atom stereocenters. The third-order valence-electron chi connectivity index (χ3n) is 5.93. The smallest absolute Gasteiger partial charge is 0.259 e. The number of carbonyl (C=O) groups is 1. The summed E-state index contributed by atoms with van der Waals surface area (Å²) in [5, 5.41) is 7.57. The number of aromatic nitrogens is 4. The molecule has 33 heavy (non-hydrogen) atoms. The van der Waals surface area contributed by atoms with E-state index in [1.807, 2.05) is 43.1 Å². The van der Waals surface area contributed by atoms with Crippen molar-refractivity contribution in [3.8, 4) is 0 Å². The number of fused-ring (bicyclic) bond motifs is 1. The van der Waals surface area contributed by atoms with Crippen molar-refractivity contribution in [2.75, 3.05) is 18.4 Å². The molecule has 1 aliphatic rings. The number of hydrogen-bond donors (Lipinski definition) is 1. The van der Waals surface area contributed by atoms with Gasteiger partial charge in [-0.05, 0) is 62.6 Å². The van der Waals surface area contributed by atoms with E-state index < -0.39 is 0 Å². The van der Waals surface area contributed by atoms with Crippen molar-refractivity contribution in [2.45, 2.75) is 32.6 Å². The largest absolute Gasteiger partial charge is 0.355 e. The SMILES string of the molecule is Cc1cnc2c(C(=O)N3CCC[C@H](c4cc(Nc5cccc(F)c5)cc(C)n4)C3)cnn2c1. The van der Waals surface area contributed by atoms with Crippen LogP contribution >= 0.6 is 0 Å². The highest BCUT2D eigenvalue weighted by molar-refractivity contribution is 5.99. The number of rotatable bonds is 4. The number of anilines is 2. The van der Waals surface area contributed by atoms with Crippen molar-refractivity contribution >= 4 is 22.9 Å². The van der Waals surface area contributed by atoms with E-state index in [2.05, 4.69) is 15.4 Å². The van der Waals surface area contributed by atoms with E-state index in [4.69, 9.17) is 4.98 Å². The number of pyridine rings is 1. The minimum Gasteiger partial charge on any atom is -0.355 e. The fourth-order valence-corrected chi connectivity index (χ4v) is 4.40. The second-order valence-electron chi connectivity index (χ2n) is 8.61. The van der Waals surface area contributed by atoms with Crippen LogP contribution in [-0.2, 0) is 0 Å². The maximum Gasteiger partial charge on any atom is 0.259 e. The topological polar surface area (TPSA) is 75.4 Å². The molecule has 7 nitrogen and oxygen atoms in total. The zero-order valence-electron chi connectivity index (χ0n) is 18.6. The van der Waals surface area contributed by atoms with Crippen LogP contribution in [0.1, 0.15) is 46.1 Å². The number of piperidine rings is 1. The summed E-state index contributed by atoms with van der Waals surface area (Å²) in [6.45, 7) is 5.16. The van der Waals surface area contributed by atoms with Gasteiger partial charge >= 0.3 is 0 Å². The molecule has 4 aromatic rings. The van der Waals surface area contributed by atoms with Gasteiger partial charge in [0.05, 0.1) is 6.20 Å². The fraction of sp³-hybridized carbons (Fsp3) is 0.280. The monoisotopic (exact) mass is 444 g/mol. The summed E-state index contributed by atoms with van der Waals surface area (Å²) in [6.07, 6.45) is 7.05. The molecule has 1 amide bonds. The van der Waals surface area contributed by atoms with Crippen LogP contribution in [0.4, 0.5) is 15.8 Å². The lowest BCUT2D eigenvalue weighted by molar-refractivity contribution is 0.0707. The van der Waals surface area contributed by atoms with Gasteiger partial charge in [0.2, 0.25) is 0 Å². The molecule has 1 saturated heterocycles. The summed E-state index contributed by atoms with van der Waals surface area (Å²) in [5.74, 6) is -0.228. The van der Waals surface area contributed by atoms with Crippen LogP contribution in [0.25, 0.3) is 5.65 Å². The zero-order valence-corrected chi connectivity index (χ0v) is 18.6. The lowest BCUT2D eigenvalue weighted by Gasteiger charge is -2.32. The lowest BCUT2D eigenvalue weighted by Crippen LogP contribution is -2.39. The molecule has 0 radical (unpaired) electrons. The first-order chi connectivity index (χ1) is 16.0. The Kier molecular flexibility index (Phi) is 5.50. The molecule has 168 valence electrons. The van der Waals surface area contributed by atoms with Crippen molar-refractivity contribution in [1.82, 2.24) is 24.5 Å². The number of benzene rings is 1. The number of carbonyl (C=O) groups excluding carboxylic acids is 1. The first kappa shape index (κ1) is 21.1. The Labute approximate surface area is 191 Å². The van der Waals surface area contributed by atoms with E-state index in [9.17, 15) is 9.18 Å². The average Bonchev–Trinajstić information content (AvgIpc) is 3.21. The van der Waals surface area contributed by atoms with Crippen LogP contribution in [0.3, 0.4) is 0 Å². The molecule has 1 aromatic carbocycles. The van der Waals surface area contributed by atoms with E-state index in [0.29, 0.717) is 30.0 Å². The van der Waals surface area contributed by atoms with Crippen LogP contribution in [0, 0.1) is 19.7 Å². The molecular weight excluding hydrogens is 419 g/mol. The molecule has 0 aliphatic carbocycles. The van der Waals surface area contributed by atoms with Crippen molar-refractivity contribution in [3.63, 3.8) is 0 Å². The Balaban J connectivity index is 1.37. The Morgan fingerprint density at radius 2 is 2.03 bits per heavy atom. The quantitative estimate of drug-likeness (QED) is 0.496. The summed E-state index contributed by atoms with van der Waals surface area (Å²) < 4.78 is 15.2. The maximum absolute atomic E-state index is 13.6. The predicted octanol–water partition coefficient (Wildman–Crippen LogP) is 4.64. The van der Waals surface area contributed by atoms with Crippen molar-refractivity contribution in [3.05, 3.63) is 83.3 Å². The van der Waals surface area contributed by atoms with Crippen LogP contribution in [0.15, 0.2) is 55.0 Å². The molecule has 5 rings (SSSR count). The third-order valence-corrected chi connectivity index (χ3v) is 5.93. The molecule has 1 aliphatic heterocycles. The van der Waals surface area contributed by atoms with Crippen molar-refractivity contribution < 1.29 is 9.18 Å². The lowest BCUT2D eigenvalue weighted by atomic mass is 9.93. The van der Waals surface area contributed by atoms with E-state index in [1.165, 1.54) is 12.1 Å². The van der Waals surface area contributed by atoms with Gasteiger partial charge in [-0.2, -0.15) is 5.10 Å². The van der Waals surface area contributed by atoms with Gasteiger partial charge in [-0.15, -0.1) is 0 Å². The predicted molar refractivity (Wildman–Crippen MR) is 124 cm³/mol. The fourth-order valence-electron chi connectivity index (χ4n) is 4.40. The van der Waals surface area contributed by atoms with Crippen molar-refractivity contribution in [1.29, 1.82) is 0 Å². The van der Waals surface area contributed by atoms with Crippen LogP contribution in [-0.4, -0.2) is 43.5 Å². The Morgan fingerprint density at radius 1 is 1.15 bits per heavy atom. The summed E-state index contributed by atoms with van der Waals surface area (Å²) in [6, 6.07) is 10.3. The highest BCUT2D eigenvalue weighted by atomic mass is 19.1. The van der Waals surface area contributed by atoms with Gasteiger partial charge in [0.1, 0.15) is 11.4 Å². The van der Waals surface area contributed by atoms with E-state index >= 15 is 0 Å². The van der Waals surface area contributed by atoms with E-state index in [-0.39, 0.29) is 17.6 Å². The van der Waals surface area contributed by atoms with Gasteiger partial charge in [0.15, 0.2) is 5.65 Å². The van der Waals surface area contributed by atoms with E-state index in [0.717, 1.165) is 35.5 Å². The number of hydrogen-bond acceptors (Lipinski definition) is 5. The molecule has 0 spiro atoms. The molecule has 1 fully saturated rings. The number of amides is 1. The third kappa shape index (κ3) is 4.41. The molecule has 0 bridgehead atoms. The van der Waals surface area contributed by atoms with Gasteiger partial charge in [-0.3, -0.25) is 9.78 Å². The van der Waals surface area contributed by atoms with Gasteiger partial charge < -0.3 is 10.2 Å². The normalized spacial score (nSPS) is 16.2. The van der Waals surface area contributed by atoms with Crippen LogP contribution in [0.5, 0.6) is 0 Å². The number of nitrogens with one attached hydrogen (secondary N) is 1. The summed E-state index contributed by atoms with van der Waals surface area (Å²) in [4.78, 5) is 24.3. The number of aryl methyl sites for hydroxylation is 2. The van der Waals surface area contributed by atoms with Gasteiger partial charge in [0.25, 0.3) is 5.91 Å². The molecule has 1 N–H and O–H groups in total. The summed E-state index contributed by atoms with van der Waals surface area (Å²) in [7, 11) is 0. The first-order valence-electron chi connectivity index (χ1n) is 11.1. The maximum atomic E-state index is 13.6. The molecule has 0 unspecified atom stereocenters. The second-order valence-corrected chi connectivity index (χ2v) is 8.61. The molecular formula is C25H25FN6O. The highest BCUT2D eigenvalue weighted by Crippen LogP contribution is 2.30. The summed E-state index contributed by atoms with van der Waals surface area (Å²) >= 11 is 0. The Morgan fingerprint density at radius 3 is 2.88 bits per heavy atom. The second kappa shape index (κ2) is 8.61. The number of halogens is 1. The highest BCUT2D eigenvalue weighted by Gasteiger charge is 2.28. The van der Waals surface area contributed by atoms with Crippen LogP contribution in [0.2, 0.25) is 0 Å². The minimum absolute atomic E-state index is 0.0585. The zero-order chi connectivity index (χ0) is 22.9. The van der Waals surface area contributed by atoms with Crippen LogP contribution < -0.4 is 5.32 Å². The minimum atomic E-state index is -0.287. The number of nitrogens with zero attached hydrogens (tertiary/aromatic N) is 5.